The van der Waals surface area contributed by atoms with Crippen LogP contribution in [0.5, 0.6) is 0 Å². The van der Waals surface area contributed by atoms with E-state index in [1.54, 1.807) is 0 Å². The van der Waals surface area contributed by atoms with E-state index in [0.29, 0.717) is 6.42 Å². The molecule has 0 heterocycles. The molecular formula is C15H24N2O. The van der Waals surface area contributed by atoms with Crippen LogP contribution in [-0.4, -0.2) is 44.4 Å². The highest BCUT2D eigenvalue weighted by molar-refractivity contribution is 5.96. The third-order valence-electron chi connectivity index (χ3n) is 3.26. The fraction of sp³-hybridized carbons (Fsp3) is 0.533. The quantitative estimate of drug-likeness (QED) is 0.693. The molecule has 18 heavy (non-hydrogen) atoms. The molecule has 0 atom stereocenters. The molecule has 0 aliphatic heterocycles. The lowest BCUT2D eigenvalue weighted by atomic mass is 10.1. The van der Waals surface area contributed by atoms with Crippen LogP contribution in [0.25, 0.3) is 0 Å². The summed E-state index contributed by atoms with van der Waals surface area (Å²) in [6.45, 7) is 7.10. The zero-order chi connectivity index (χ0) is 13.5. The number of hydrogen-bond donors (Lipinski definition) is 0. The van der Waals surface area contributed by atoms with E-state index in [1.807, 2.05) is 43.3 Å². The van der Waals surface area contributed by atoms with E-state index in [-0.39, 0.29) is 5.78 Å². The maximum absolute atomic E-state index is 12.0. The summed E-state index contributed by atoms with van der Waals surface area (Å²) in [5, 5.41) is 0. The highest BCUT2D eigenvalue weighted by Crippen LogP contribution is 2.13. The summed E-state index contributed by atoms with van der Waals surface area (Å²) in [6.07, 6.45) is 0.600. The summed E-state index contributed by atoms with van der Waals surface area (Å²) >= 11 is 0. The van der Waals surface area contributed by atoms with Crippen LogP contribution >= 0.6 is 0 Å². The Labute approximate surface area is 110 Å². The van der Waals surface area contributed by atoms with E-state index in [0.717, 1.165) is 30.9 Å². The number of nitrogens with zero attached hydrogens (tertiary/aromatic N) is 2. The van der Waals surface area contributed by atoms with Gasteiger partial charge in [-0.3, -0.25) is 4.79 Å². The molecule has 0 amide bonds. The van der Waals surface area contributed by atoms with Crippen molar-refractivity contribution in [2.24, 2.45) is 0 Å². The molecule has 0 aromatic heterocycles. The van der Waals surface area contributed by atoms with Gasteiger partial charge in [0, 0.05) is 38.3 Å². The van der Waals surface area contributed by atoms with Gasteiger partial charge in [0.25, 0.3) is 0 Å². The van der Waals surface area contributed by atoms with Crippen molar-refractivity contribution in [1.29, 1.82) is 0 Å². The van der Waals surface area contributed by atoms with Crippen LogP contribution in [0.1, 0.15) is 30.6 Å². The Morgan fingerprint density at radius 1 is 1.06 bits per heavy atom. The fourth-order valence-corrected chi connectivity index (χ4v) is 1.89. The summed E-state index contributed by atoms with van der Waals surface area (Å²) < 4.78 is 0. The number of carbonyl (C=O) groups excluding carboxylic acids is 1. The minimum absolute atomic E-state index is 0.229. The highest BCUT2D eigenvalue weighted by atomic mass is 16.1. The molecule has 1 aromatic carbocycles. The second kappa shape index (κ2) is 7.17. The maximum atomic E-state index is 12.0. The molecular weight excluding hydrogens is 224 g/mol. The first-order valence-electron chi connectivity index (χ1n) is 6.61. The number of benzene rings is 1. The lowest BCUT2D eigenvalue weighted by Gasteiger charge is -2.17. The third-order valence-corrected chi connectivity index (χ3v) is 3.26. The summed E-state index contributed by atoms with van der Waals surface area (Å²) in [6, 6.07) is 7.81. The van der Waals surface area contributed by atoms with Crippen molar-refractivity contribution in [2.45, 2.75) is 20.3 Å². The van der Waals surface area contributed by atoms with Gasteiger partial charge in [-0.1, -0.05) is 13.8 Å². The molecule has 3 heteroatoms. The SMILES string of the molecule is CCN(CC)CCC(=O)c1ccc(N(C)C)cc1. The van der Waals surface area contributed by atoms with E-state index in [2.05, 4.69) is 18.7 Å². The summed E-state index contributed by atoms with van der Waals surface area (Å²) in [4.78, 5) is 16.3. The van der Waals surface area contributed by atoms with Crippen LogP contribution in [0, 0.1) is 0 Å². The molecule has 0 unspecified atom stereocenters. The van der Waals surface area contributed by atoms with Gasteiger partial charge in [0.15, 0.2) is 5.78 Å². The highest BCUT2D eigenvalue weighted by Gasteiger charge is 2.08. The molecule has 0 spiro atoms. The zero-order valence-electron chi connectivity index (χ0n) is 11.9. The van der Waals surface area contributed by atoms with Crippen molar-refractivity contribution in [3.8, 4) is 0 Å². The van der Waals surface area contributed by atoms with Gasteiger partial charge in [-0.2, -0.15) is 0 Å². The van der Waals surface area contributed by atoms with Crippen LogP contribution in [0.4, 0.5) is 5.69 Å². The van der Waals surface area contributed by atoms with Gasteiger partial charge in [-0.05, 0) is 37.4 Å². The van der Waals surface area contributed by atoms with Crippen molar-refractivity contribution >= 4 is 11.5 Å². The lowest BCUT2D eigenvalue weighted by Crippen LogP contribution is -2.25. The molecule has 0 aliphatic carbocycles. The number of hydrogen-bond acceptors (Lipinski definition) is 3. The number of anilines is 1. The smallest absolute Gasteiger partial charge is 0.164 e. The molecule has 0 saturated heterocycles. The molecule has 0 saturated carbocycles. The Morgan fingerprint density at radius 2 is 1.61 bits per heavy atom. The van der Waals surface area contributed by atoms with Crippen LogP contribution in [-0.2, 0) is 0 Å². The number of rotatable bonds is 7. The summed E-state index contributed by atoms with van der Waals surface area (Å²) in [7, 11) is 3.99. The number of Topliss-reactive ketones (excluding diaryl/α,β-unsaturated/α-hetero) is 1. The van der Waals surface area contributed by atoms with Crippen molar-refractivity contribution in [3.05, 3.63) is 29.8 Å². The van der Waals surface area contributed by atoms with E-state index in [4.69, 9.17) is 0 Å². The van der Waals surface area contributed by atoms with Gasteiger partial charge in [-0.25, -0.2) is 0 Å². The number of ketones is 1. The average molecular weight is 248 g/mol. The molecule has 0 fully saturated rings. The number of carbonyl (C=O) groups is 1. The molecule has 0 radical (unpaired) electrons. The second-order valence-corrected chi connectivity index (χ2v) is 4.64. The van der Waals surface area contributed by atoms with Gasteiger partial charge in [0.1, 0.15) is 0 Å². The standard InChI is InChI=1S/C15H24N2O/c1-5-17(6-2)12-11-15(18)13-7-9-14(10-8-13)16(3)4/h7-10H,5-6,11-12H2,1-4H3. The van der Waals surface area contributed by atoms with Crippen LogP contribution in [0.15, 0.2) is 24.3 Å². The van der Waals surface area contributed by atoms with Gasteiger partial charge in [-0.15, -0.1) is 0 Å². The Hall–Kier alpha value is -1.35. The Kier molecular flexibility index (Phi) is 5.86. The fourth-order valence-electron chi connectivity index (χ4n) is 1.89. The van der Waals surface area contributed by atoms with Crippen molar-refractivity contribution in [1.82, 2.24) is 4.90 Å². The van der Waals surface area contributed by atoms with Crippen molar-refractivity contribution in [3.63, 3.8) is 0 Å². The maximum Gasteiger partial charge on any atom is 0.164 e. The van der Waals surface area contributed by atoms with Crippen molar-refractivity contribution in [2.75, 3.05) is 38.6 Å². The summed E-state index contributed by atoms with van der Waals surface area (Å²) in [5.41, 5.74) is 1.93. The van der Waals surface area contributed by atoms with Gasteiger partial charge < -0.3 is 9.80 Å². The topological polar surface area (TPSA) is 23.6 Å². The Morgan fingerprint density at radius 3 is 2.06 bits per heavy atom. The first kappa shape index (κ1) is 14.7. The van der Waals surface area contributed by atoms with E-state index >= 15 is 0 Å². The molecule has 0 bridgehead atoms. The van der Waals surface area contributed by atoms with E-state index in [9.17, 15) is 4.79 Å². The molecule has 1 rings (SSSR count). The van der Waals surface area contributed by atoms with Crippen LogP contribution in [0.3, 0.4) is 0 Å². The van der Waals surface area contributed by atoms with Crippen molar-refractivity contribution < 1.29 is 4.79 Å². The van der Waals surface area contributed by atoms with Gasteiger partial charge >= 0.3 is 0 Å². The largest absolute Gasteiger partial charge is 0.378 e. The first-order valence-corrected chi connectivity index (χ1v) is 6.61. The average Bonchev–Trinajstić information content (AvgIpc) is 2.39. The molecule has 0 N–H and O–H groups in total. The van der Waals surface area contributed by atoms with Crippen LogP contribution < -0.4 is 4.90 Å². The zero-order valence-corrected chi connectivity index (χ0v) is 11.9. The van der Waals surface area contributed by atoms with Gasteiger partial charge in [0.05, 0.1) is 0 Å². The lowest BCUT2D eigenvalue weighted by molar-refractivity contribution is 0.0966. The predicted octanol–water partition coefficient (Wildman–Crippen LogP) is 2.67. The molecule has 0 aliphatic rings. The minimum atomic E-state index is 0.229. The Balaban J connectivity index is 2.56. The molecule has 3 nitrogen and oxygen atoms in total. The molecule has 100 valence electrons. The third kappa shape index (κ3) is 4.15. The second-order valence-electron chi connectivity index (χ2n) is 4.64. The molecule has 1 aromatic rings. The first-order chi connectivity index (χ1) is 8.58. The predicted molar refractivity (Wildman–Crippen MR) is 77.5 cm³/mol. The van der Waals surface area contributed by atoms with Gasteiger partial charge in [0.2, 0.25) is 0 Å². The Bertz CT molecular complexity index is 367. The van der Waals surface area contributed by atoms with Crippen LogP contribution in [0.2, 0.25) is 0 Å². The minimum Gasteiger partial charge on any atom is -0.378 e. The van der Waals surface area contributed by atoms with E-state index < -0.39 is 0 Å². The monoisotopic (exact) mass is 248 g/mol. The normalized spacial score (nSPS) is 10.7. The summed E-state index contributed by atoms with van der Waals surface area (Å²) in [5.74, 6) is 0.229. The van der Waals surface area contributed by atoms with E-state index in [1.165, 1.54) is 0 Å².